The number of anilines is 1. The summed E-state index contributed by atoms with van der Waals surface area (Å²) in [6.45, 7) is 0.156. The van der Waals surface area contributed by atoms with Gasteiger partial charge in [-0.25, -0.2) is 9.37 Å². The average molecular weight is 547 g/mol. The van der Waals surface area contributed by atoms with Crippen molar-refractivity contribution in [3.05, 3.63) is 89.9 Å². The number of ether oxygens (including phenoxy) is 1. The van der Waals surface area contributed by atoms with Gasteiger partial charge in [0.05, 0.1) is 7.11 Å². The highest BCUT2D eigenvalue weighted by molar-refractivity contribution is 5.91. The molecule has 0 radical (unpaired) electrons. The van der Waals surface area contributed by atoms with Crippen LogP contribution in [0.15, 0.2) is 72.9 Å². The van der Waals surface area contributed by atoms with Crippen molar-refractivity contribution in [3.63, 3.8) is 0 Å². The summed E-state index contributed by atoms with van der Waals surface area (Å²) in [6, 6.07) is 17.3. The number of pyridine rings is 1. The molecule has 0 saturated heterocycles. The van der Waals surface area contributed by atoms with Gasteiger partial charge >= 0.3 is 0 Å². The van der Waals surface area contributed by atoms with Gasteiger partial charge in [0.25, 0.3) is 0 Å². The third-order valence-corrected chi connectivity index (χ3v) is 7.01. The Hall–Kier alpha value is -4.27. The van der Waals surface area contributed by atoms with Gasteiger partial charge in [0.2, 0.25) is 17.7 Å². The highest BCUT2D eigenvalue weighted by Crippen LogP contribution is 2.28. The van der Waals surface area contributed by atoms with Gasteiger partial charge < -0.3 is 20.3 Å². The van der Waals surface area contributed by atoms with Gasteiger partial charge in [0.1, 0.15) is 23.4 Å². The van der Waals surface area contributed by atoms with Crippen molar-refractivity contribution in [1.82, 2.24) is 15.2 Å². The van der Waals surface area contributed by atoms with E-state index < -0.39 is 11.9 Å². The Morgan fingerprint density at radius 2 is 1.73 bits per heavy atom. The average Bonchev–Trinajstić information content (AvgIpc) is 3.47. The molecule has 1 heterocycles. The lowest BCUT2D eigenvalue weighted by molar-refractivity contribution is -0.142. The first-order valence-corrected chi connectivity index (χ1v) is 13.6. The molecule has 1 aliphatic rings. The van der Waals surface area contributed by atoms with Crippen LogP contribution in [-0.2, 0) is 20.9 Å². The Morgan fingerprint density at radius 1 is 1.00 bits per heavy atom. The molecule has 9 heteroatoms. The Bertz CT molecular complexity index is 1260. The number of amides is 3. The van der Waals surface area contributed by atoms with Crippen molar-refractivity contribution < 1.29 is 23.5 Å². The topological polar surface area (TPSA) is 101 Å². The van der Waals surface area contributed by atoms with Crippen LogP contribution in [0.1, 0.15) is 62.1 Å². The van der Waals surface area contributed by atoms with Gasteiger partial charge in [-0.1, -0.05) is 43.2 Å². The lowest BCUT2D eigenvalue weighted by Crippen LogP contribution is -2.45. The Morgan fingerprint density at radius 3 is 2.38 bits per heavy atom. The fourth-order valence-corrected chi connectivity index (χ4v) is 4.91. The van der Waals surface area contributed by atoms with E-state index in [9.17, 15) is 18.8 Å². The van der Waals surface area contributed by atoms with Crippen LogP contribution < -0.4 is 15.4 Å². The maximum absolute atomic E-state index is 13.8. The number of methoxy groups -OCH3 is 1. The maximum atomic E-state index is 13.8. The second-order valence-corrected chi connectivity index (χ2v) is 9.93. The number of hydrogen-bond acceptors (Lipinski definition) is 5. The van der Waals surface area contributed by atoms with Crippen molar-refractivity contribution in [2.45, 2.75) is 63.6 Å². The monoisotopic (exact) mass is 546 g/mol. The molecule has 2 aromatic carbocycles. The normalized spacial score (nSPS) is 13.8. The Balaban J connectivity index is 1.54. The van der Waals surface area contributed by atoms with E-state index in [4.69, 9.17) is 4.74 Å². The molecular formula is C31H35FN4O4. The molecule has 210 valence electrons. The molecular weight excluding hydrogens is 511 g/mol. The fourth-order valence-electron chi connectivity index (χ4n) is 4.91. The number of aromatic nitrogens is 1. The van der Waals surface area contributed by atoms with Crippen LogP contribution in [-0.4, -0.2) is 40.8 Å². The summed E-state index contributed by atoms with van der Waals surface area (Å²) in [4.78, 5) is 45.5. The van der Waals surface area contributed by atoms with Gasteiger partial charge in [0.15, 0.2) is 0 Å². The molecule has 0 bridgehead atoms. The van der Waals surface area contributed by atoms with E-state index in [0.29, 0.717) is 17.1 Å². The van der Waals surface area contributed by atoms with Crippen LogP contribution in [0.3, 0.4) is 0 Å². The summed E-state index contributed by atoms with van der Waals surface area (Å²) in [5.74, 6) is -0.131. The summed E-state index contributed by atoms with van der Waals surface area (Å²) >= 11 is 0. The number of hydrogen-bond donors (Lipinski definition) is 2. The molecule has 40 heavy (non-hydrogen) atoms. The van der Waals surface area contributed by atoms with E-state index in [2.05, 4.69) is 15.6 Å². The van der Waals surface area contributed by atoms with Crippen molar-refractivity contribution in [3.8, 4) is 5.75 Å². The number of nitrogens with one attached hydrogen (secondary N) is 2. The largest absolute Gasteiger partial charge is 0.497 e. The highest BCUT2D eigenvalue weighted by atomic mass is 19.1. The van der Waals surface area contributed by atoms with Crippen LogP contribution in [0.2, 0.25) is 0 Å². The van der Waals surface area contributed by atoms with Gasteiger partial charge in [-0.15, -0.1) is 0 Å². The number of nitrogens with zero attached hydrogens (tertiary/aromatic N) is 2. The number of halogens is 1. The second kappa shape index (κ2) is 14.2. The lowest BCUT2D eigenvalue weighted by atomic mass is 10.0. The predicted molar refractivity (Wildman–Crippen MR) is 150 cm³/mol. The molecule has 3 aromatic rings. The second-order valence-electron chi connectivity index (χ2n) is 9.93. The van der Waals surface area contributed by atoms with Gasteiger partial charge in [-0.3, -0.25) is 14.4 Å². The summed E-state index contributed by atoms with van der Waals surface area (Å²) in [5, 5.41) is 5.84. The van der Waals surface area contributed by atoms with Gasteiger partial charge in [-0.2, -0.15) is 0 Å². The third-order valence-electron chi connectivity index (χ3n) is 7.01. The first-order chi connectivity index (χ1) is 19.4. The van der Waals surface area contributed by atoms with E-state index in [-0.39, 0.29) is 49.6 Å². The molecule has 1 aromatic heterocycles. The van der Waals surface area contributed by atoms with E-state index >= 15 is 0 Å². The van der Waals surface area contributed by atoms with Crippen molar-refractivity contribution in [2.75, 3.05) is 12.4 Å². The molecule has 1 saturated carbocycles. The van der Waals surface area contributed by atoms with Crippen LogP contribution >= 0.6 is 0 Å². The molecule has 4 rings (SSSR count). The molecule has 1 aliphatic carbocycles. The molecule has 3 amide bonds. The molecule has 0 spiro atoms. The van der Waals surface area contributed by atoms with E-state index in [0.717, 1.165) is 31.2 Å². The molecule has 2 N–H and O–H groups in total. The van der Waals surface area contributed by atoms with Crippen molar-refractivity contribution in [2.24, 2.45) is 0 Å². The van der Waals surface area contributed by atoms with E-state index in [1.165, 1.54) is 17.0 Å². The predicted octanol–water partition coefficient (Wildman–Crippen LogP) is 5.17. The number of rotatable bonds is 12. The van der Waals surface area contributed by atoms with E-state index in [1.807, 2.05) is 12.1 Å². The maximum Gasteiger partial charge on any atom is 0.247 e. The van der Waals surface area contributed by atoms with Crippen molar-refractivity contribution >= 4 is 23.5 Å². The van der Waals surface area contributed by atoms with Gasteiger partial charge in [-0.05, 0) is 66.8 Å². The number of carbonyl (C=O) groups is 3. The van der Waals surface area contributed by atoms with Gasteiger partial charge in [0, 0.05) is 31.6 Å². The zero-order valence-electron chi connectivity index (χ0n) is 22.6. The van der Waals surface area contributed by atoms with E-state index in [1.54, 1.807) is 55.8 Å². The molecule has 8 nitrogen and oxygen atoms in total. The fraction of sp³-hybridized carbons (Fsp3) is 0.355. The van der Waals surface area contributed by atoms with Crippen LogP contribution in [0.25, 0.3) is 0 Å². The van der Waals surface area contributed by atoms with Crippen LogP contribution in [0.4, 0.5) is 10.2 Å². The third kappa shape index (κ3) is 8.11. The summed E-state index contributed by atoms with van der Waals surface area (Å²) in [6.07, 6.45) is 5.91. The summed E-state index contributed by atoms with van der Waals surface area (Å²) in [7, 11) is 1.58. The quantitative estimate of drug-likeness (QED) is 0.327. The lowest BCUT2D eigenvalue weighted by Gasteiger charge is -2.32. The highest BCUT2D eigenvalue weighted by Gasteiger charge is 2.33. The van der Waals surface area contributed by atoms with Crippen molar-refractivity contribution in [1.29, 1.82) is 0 Å². The zero-order chi connectivity index (χ0) is 28.3. The first kappa shape index (κ1) is 28.7. The van der Waals surface area contributed by atoms with Crippen LogP contribution in [0, 0.1) is 5.82 Å². The van der Waals surface area contributed by atoms with Crippen LogP contribution in [0.5, 0.6) is 5.75 Å². The molecule has 1 fully saturated rings. The minimum Gasteiger partial charge on any atom is -0.497 e. The first-order valence-electron chi connectivity index (χ1n) is 13.6. The zero-order valence-corrected chi connectivity index (χ0v) is 22.6. The Labute approximate surface area is 233 Å². The standard InChI is InChI=1S/C31H35FN4O4/c1-40-26-18-12-22(13-19-26)21-36(29(38)11-6-10-28(37)35-27-9-4-5-20-33-27)30(23-14-16-24(32)17-15-23)31(39)34-25-7-2-3-8-25/h4-5,9,12-20,25,30H,2-3,6-8,10-11,21H2,1H3,(H,34,39)(H,33,35,37)/t30-/m1/s1. The minimum absolute atomic E-state index is 0.0451. The smallest absolute Gasteiger partial charge is 0.247 e. The molecule has 1 atom stereocenters. The molecule has 0 unspecified atom stereocenters. The summed E-state index contributed by atoms with van der Waals surface area (Å²) in [5.41, 5.74) is 1.33. The number of carbonyl (C=O) groups excluding carboxylic acids is 3. The molecule has 0 aliphatic heterocycles. The minimum atomic E-state index is -0.960. The SMILES string of the molecule is COc1ccc(CN(C(=O)CCCC(=O)Nc2ccccn2)[C@@H](C(=O)NC2CCCC2)c2ccc(F)cc2)cc1. The summed E-state index contributed by atoms with van der Waals surface area (Å²) < 4.78 is 19.1. The Kier molecular flexibility index (Phi) is 10.2. The number of benzene rings is 2.